The first-order chi connectivity index (χ1) is 10.7. The van der Waals surface area contributed by atoms with E-state index in [0.29, 0.717) is 0 Å². The maximum absolute atomic E-state index is 4.63. The lowest BCUT2D eigenvalue weighted by molar-refractivity contribution is 1.08. The molecule has 4 heteroatoms. The Morgan fingerprint density at radius 1 is 1.09 bits per heavy atom. The van der Waals surface area contributed by atoms with Gasteiger partial charge in [0.05, 0.1) is 5.36 Å². The molecule has 2 heterocycles. The number of aryl methyl sites for hydroxylation is 1. The number of aromatic amines is 1. The summed E-state index contributed by atoms with van der Waals surface area (Å²) in [5, 5.41) is 4.36. The second-order valence-corrected chi connectivity index (χ2v) is 5.27. The van der Waals surface area contributed by atoms with Crippen molar-refractivity contribution in [3.05, 3.63) is 45.9 Å². The monoisotopic (exact) mass is 292 g/mol. The minimum absolute atomic E-state index is 0.760. The molecule has 0 aliphatic heterocycles. The maximum Gasteiger partial charge on any atom is 0.156 e. The van der Waals surface area contributed by atoms with E-state index in [1.165, 1.54) is 10.9 Å². The molecule has 0 fully saturated rings. The van der Waals surface area contributed by atoms with Crippen molar-refractivity contribution < 1.29 is 0 Å². The number of aromatic nitrogens is 2. The van der Waals surface area contributed by atoms with Crippen LogP contribution in [0.1, 0.15) is 19.4 Å². The zero-order valence-electron chi connectivity index (χ0n) is 13.4. The summed E-state index contributed by atoms with van der Waals surface area (Å²) in [6.45, 7) is 4.16. The molecule has 112 valence electrons. The van der Waals surface area contributed by atoms with Crippen molar-refractivity contribution in [2.75, 3.05) is 14.1 Å². The zero-order chi connectivity index (χ0) is 15.7. The highest BCUT2D eigenvalue weighted by Crippen LogP contribution is 2.16. The van der Waals surface area contributed by atoms with Gasteiger partial charge in [0.25, 0.3) is 0 Å². The first-order valence-corrected chi connectivity index (χ1v) is 7.52. The van der Waals surface area contributed by atoms with Crippen molar-refractivity contribution >= 4 is 28.0 Å². The third-order valence-corrected chi connectivity index (χ3v) is 4.02. The lowest BCUT2D eigenvalue weighted by Crippen LogP contribution is -2.28. The van der Waals surface area contributed by atoms with Crippen LogP contribution in [0.25, 0.3) is 28.0 Å². The Morgan fingerprint density at radius 2 is 1.91 bits per heavy atom. The molecular formula is C18H20N4. The van der Waals surface area contributed by atoms with Crippen LogP contribution >= 0.6 is 0 Å². The Labute approximate surface area is 129 Å². The molecule has 0 aliphatic rings. The SMILES string of the molecule is CC=c1cc2cc3cc(CC)c(=NC)cc3[nH]c2nc1=NC. The fraction of sp³-hybridized carbons (Fsp3) is 0.278. The molecule has 22 heavy (non-hydrogen) atoms. The molecule has 0 atom stereocenters. The maximum atomic E-state index is 4.63. The highest BCUT2D eigenvalue weighted by Gasteiger charge is 2.04. The minimum Gasteiger partial charge on any atom is -0.339 e. The smallest absolute Gasteiger partial charge is 0.156 e. The summed E-state index contributed by atoms with van der Waals surface area (Å²) >= 11 is 0. The molecule has 0 bridgehead atoms. The molecule has 0 saturated heterocycles. The number of benzene rings is 1. The van der Waals surface area contributed by atoms with Gasteiger partial charge in [0, 0.05) is 30.2 Å². The van der Waals surface area contributed by atoms with E-state index in [9.17, 15) is 0 Å². The molecule has 2 aromatic heterocycles. The van der Waals surface area contributed by atoms with Crippen molar-refractivity contribution in [3.8, 4) is 0 Å². The summed E-state index contributed by atoms with van der Waals surface area (Å²) in [4.78, 5) is 16.7. The van der Waals surface area contributed by atoms with Crippen molar-refractivity contribution in [2.45, 2.75) is 20.3 Å². The van der Waals surface area contributed by atoms with E-state index in [4.69, 9.17) is 0 Å². The molecule has 0 spiro atoms. The number of nitrogens with zero attached hydrogens (tertiary/aromatic N) is 3. The summed E-state index contributed by atoms with van der Waals surface area (Å²) in [5.74, 6) is 0. The fourth-order valence-electron chi connectivity index (χ4n) is 2.80. The number of pyridine rings is 2. The van der Waals surface area contributed by atoms with Crippen LogP contribution in [0, 0.1) is 0 Å². The second kappa shape index (κ2) is 5.72. The van der Waals surface area contributed by atoms with Gasteiger partial charge in [-0.15, -0.1) is 0 Å². The quantitative estimate of drug-likeness (QED) is 0.684. The van der Waals surface area contributed by atoms with E-state index >= 15 is 0 Å². The summed E-state index contributed by atoms with van der Waals surface area (Å²) in [6.07, 6.45) is 3.01. The lowest BCUT2D eigenvalue weighted by atomic mass is 10.1. The van der Waals surface area contributed by atoms with Gasteiger partial charge in [-0.1, -0.05) is 13.0 Å². The first-order valence-electron chi connectivity index (χ1n) is 7.52. The van der Waals surface area contributed by atoms with Crippen molar-refractivity contribution in [1.29, 1.82) is 0 Å². The zero-order valence-corrected chi connectivity index (χ0v) is 13.4. The van der Waals surface area contributed by atoms with E-state index in [2.05, 4.69) is 51.1 Å². The highest BCUT2D eigenvalue weighted by molar-refractivity contribution is 5.91. The molecule has 0 amide bonds. The molecule has 0 saturated carbocycles. The average molecular weight is 292 g/mol. The number of hydrogen-bond donors (Lipinski definition) is 1. The van der Waals surface area contributed by atoms with E-state index < -0.39 is 0 Å². The van der Waals surface area contributed by atoms with Crippen LogP contribution in [0.15, 0.2) is 34.3 Å². The number of fused-ring (bicyclic) bond motifs is 2. The van der Waals surface area contributed by atoms with Crippen LogP contribution in [0.3, 0.4) is 0 Å². The van der Waals surface area contributed by atoms with E-state index in [1.807, 2.05) is 20.0 Å². The Morgan fingerprint density at radius 3 is 2.55 bits per heavy atom. The topological polar surface area (TPSA) is 53.4 Å². The Bertz CT molecular complexity index is 1040. The van der Waals surface area contributed by atoms with Gasteiger partial charge in [0.2, 0.25) is 0 Å². The second-order valence-electron chi connectivity index (χ2n) is 5.27. The van der Waals surface area contributed by atoms with Crippen molar-refractivity contribution in [2.24, 2.45) is 9.98 Å². The van der Waals surface area contributed by atoms with Crippen LogP contribution < -0.4 is 16.1 Å². The Kier molecular flexibility index (Phi) is 3.75. The molecule has 1 aromatic carbocycles. The summed E-state index contributed by atoms with van der Waals surface area (Å²) in [7, 11) is 3.60. The third-order valence-electron chi connectivity index (χ3n) is 4.02. The molecule has 1 N–H and O–H groups in total. The average Bonchev–Trinajstić information content (AvgIpc) is 2.57. The predicted molar refractivity (Wildman–Crippen MR) is 91.3 cm³/mol. The lowest BCUT2D eigenvalue weighted by Gasteiger charge is -2.06. The molecule has 3 aromatic rings. The summed E-state index contributed by atoms with van der Waals surface area (Å²) in [6, 6.07) is 8.61. The van der Waals surface area contributed by atoms with Crippen LogP contribution in [-0.4, -0.2) is 24.1 Å². The molecule has 0 aliphatic carbocycles. The molecule has 4 nitrogen and oxygen atoms in total. The van der Waals surface area contributed by atoms with Crippen LogP contribution in [-0.2, 0) is 6.42 Å². The summed E-state index contributed by atoms with van der Waals surface area (Å²) < 4.78 is 0. The van der Waals surface area contributed by atoms with Crippen molar-refractivity contribution in [3.63, 3.8) is 0 Å². The fourth-order valence-corrected chi connectivity index (χ4v) is 2.80. The third kappa shape index (κ3) is 2.30. The van der Waals surface area contributed by atoms with Crippen LogP contribution in [0.2, 0.25) is 0 Å². The number of nitrogens with one attached hydrogen (secondary N) is 1. The van der Waals surface area contributed by atoms with Crippen LogP contribution in [0.4, 0.5) is 0 Å². The molecular weight excluding hydrogens is 272 g/mol. The van der Waals surface area contributed by atoms with Gasteiger partial charge in [-0.3, -0.25) is 9.98 Å². The molecule has 3 rings (SSSR count). The van der Waals surface area contributed by atoms with E-state index in [-0.39, 0.29) is 0 Å². The van der Waals surface area contributed by atoms with Gasteiger partial charge in [0.15, 0.2) is 5.49 Å². The molecule has 0 radical (unpaired) electrons. The normalized spacial score (nSPS) is 14.5. The van der Waals surface area contributed by atoms with Gasteiger partial charge < -0.3 is 4.98 Å². The minimum atomic E-state index is 0.760. The van der Waals surface area contributed by atoms with Gasteiger partial charge in [-0.25, -0.2) is 4.98 Å². The van der Waals surface area contributed by atoms with Gasteiger partial charge in [0.1, 0.15) is 5.65 Å². The van der Waals surface area contributed by atoms with Crippen molar-refractivity contribution in [1.82, 2.24) is 9.97 Å². The van der Waals surface area contributed by atoms with E-state index in [1.54, 1.807) is 7.05 Å². The highest BCUT2D eigenvalue weighted by atomic mass is 14.9. The number of rotatable bonds is 1. The van der Waals surface area contributed by atoms with Crippen LogP contribution in [0.5, 0.6) is 0 Å². The van der Waals surface area contributed by atoms with Gasteiger partial charge in [-0.05, 0) is 48.6 Å². The first kappa shape index (κ1) is 14.4. The standard InChI is InChI=1S/C18H20N4/c1-5-11-7-13-9-14-8-12(6-2)17(20-4)22-18(14)21-16(13)10-15(11)19-3/h6-10H,5H2,1-4H3,(H,20,21,22). The van der Waals surface area contributed by atoms with E-state index in [0.717, 1.165) is 39.0 Å². The number of H-pyrrole nitrogens is 1. The summed E-state index contributed by atoms with van der Waals surface area (Å²) in [5.41, 5.74) is 3.92. The largest absolute Gasteiger partial charge is 0.339 e. The Balaban J connectivity index is 2.46. The predicted octanol–water partition coefficient (Wildman–Crippen LogP) is 1.86. The van der Waals surface area contributed by atoms with Gasteiger partial charge in [-0.2, -0.15) is 0 Å². The molecule has 0 unspecified atom stereocenters. The number of hydrogen-bond acceptors (Lipinski definition) is 3. The van der Waals surface area contributed by atoms with Gasteiger partial charge >= 0.3 is 0 Å². The Hall–Kier alpha value is -2.49.